The molecule has 0 aliphatic heterocycles. The number of hydrazine groups is 1. The molecule has 1 heterocycles. The topological polar surface area (TPSA) is 80.0 Å². The lowest BCUT2D eigenvalue weighted by Gasteiger charge is -2.07. The lowest BCUT2D eigenvalue weighted by Crippen LogP contribution is -2.23. The Morgan fingerprint density at radius 3 is 2.55 bits per heavy atom. The van der Waals surface area contributed by atoms with Crippen LogP contribution in [0, 0.1) is 0 Å². The van der Waals surface area contributed by atoms with E-state index in [1.807, 2.05) is 12.1 Å². The fraction of sp³-hybridized carbons (Fsp3) is 0.0769. The van der Waals surface area contributed by atoms with E-state index in [0.29, 0.717) is 22.9 Å². The molecule has 0 spiro atoms. The predicted octanol–water partition coefficient (Wildman–Crippen LogP) is 2.60. The van der Waals surface area contributed by atoms with Gasteiger partial charge in [0.15, 0.2) is 0 Å². The third-order valence-electron chi connectivity index (χ3n) is 2.57. The summed E-state index contributed by atoms with van der Waals surface area (Å²) in [7, 11) is 0. The molecule has 20 heavy (non-hydrogen) atoms. The molecular weight excluding hydrogens is 299 g/mol. The van der Waals surface area contributed by atoms with Gasteiger partial charge in [-0.3, -0.25) is 4.79 Å². The number of benzene rings is 1. The van der Waals surface area contributed by atoms with Crippen molar-refractivity contribution in [2.75, 3.05) is 5.43 Å². The Bertz CT molecular complexity index is 616. The standard InChI is InChI=1S/C13H12Cl2N4O/c14-10-3-1-8(2-4-10)7-17-13(20)9-5-11(15)18-12(6-9)19-16/h1-6H,7,16H2,(H,17,20)(H,18,19). The maximum absolute atomic E-state index is 12.0. The molecule has 5 nitrogen and oxygen atoms in total. The molecule has 0 fully saturated rings. The van der Waals surface area contributed by atoms with E-state index >= 15 is 0 Å². The van der Waals surface area contributed by atoms with Crippen LogP contribution in [0.1, 0.15) is 15.9 Å². The Morgan fingerprint density at radius 2 is 1.90 bits per heavy atom. The summed E-state index contributed by atoms with van der Waals surface area (Å²) in [6, 6.07) is 10.2. The zero-order valence-electron chi connectivity index (χ0n) is 10.4. The lowest BCUT2D eigenvalue weighted by atomic mass is 10.2. The largest absolute Gasteiger partial charge is 0.348 e. The quantitative estimate of drug-likeness (QED) is 0.461. The Morgan fingerprint density at radius 1 is 1.20 bits per heavy atom. The molecule has 0 aliphatic carbocycles. The van der Waals surface area contributed by atoms with Gasteiger partial charge in [0.25, 0.3) is 5.91 Å². The molecule has 4 N–H and O–H groups in total. The van der Waals surface area contributed by atoms with E-state index in [2.05, 4.69) is 15.7 Å². The van der Waals surface area contributed by atoms with Gasteiger partial charge in [0.2, 0.25) is 0 Å². The van der Waals surface area contributed by atoms with Gasteiger partial charge < -0.3 is 10.7 Å². The first kappa shape index (κ1) is 14.6. The van der Waals surface area contributed by atoms with E-state index in [1.165, 1.54) is 12.1 Å². The minimum atomic E-state index is -0.263. The number of amides is 1. The van der Waals surface area contributed by atoms with Gasteiger partial charge >= 0.3 is 0 Å². The number of halogens is 2. The van der Waals surface area contributed by atoms with E-state index in [0.717, 1.165) is 5.56 Å². The summed E-state index contributed by atoms with van der Waals surface area (Å²) < 4.78 is 0. The fourth-order valence-electron chi connectivity index (χ4n) is 1.59. The molecule has 0 atom stereocenters. The number of anilines is 1. The molecule has 1 aromatic heterocycles. The highest BCUT2D eigenvalue weighted by molar-refractivity contribution is 6.30. The van der Waals surface area contributed by atoms with Crippen molar-refractivity contribution in [3.05, 3.63) is 57.7 Å². The highest BCUT2D eigenvalue weighted by Gasteiger charge is 2.08. The molecule has 2 aromatic rings. The Hall–Kier alpha value is -1.82. The molecule has 1 amide bonds. The van der Waals surface area contributed by atoms with Crippen LogP contribution in [0.15, 0.2) is 36.4 Å². The third kappa shape index (κ3) is 3.84. The molecular formula is C13H12Cl2N4O. The Balaban J connectivity index is 2.04. The fourth-order valence-corrected chi connectivity index (χ4v) is 1.92. The second-order valence-corrected chi connectivity index (χ2v) is 4.84. The second kappa shape index (κ2) is 6.56. The van der Waals surface area contributed by atoms with Crippen LogP contribution in [0.4, 0.5) is 5.82 Å². The van der Waals surface area contributed by atoms with Gasteiger partial charge in [-0.1, -0.05) is 35.3 Å². The molecule has 1 aromatic carbocycles. The maximum atomic E-state index is 12.0. The number of nitrogens with two attached hydrogens (primary N) is 1. The average molecular weight is 311 g/mol. The predicted molar refractivity (Wildman–Crippen MR) is 79.7 cm³/mol. The SMILES string of the molecule is NNc1cc(C(=O)NCc2ccc(Cl)cc2)cc(Cl)n1. The smallest absolute Gasteiger partial charge is 0.251 e. The number of hydrogen-bond donors (Lipinski definition) is 3. The number of nitrogen functional groups attached to an aromatic ring is 1. The molecule has 0 bridgehead atoms. The molecule has 0 saturated carbocycles. The minimum absolute atomic E-state index is 0.192. The van der Waals surface area contributed by atoms with Gasteiger partial charge in [0, 0.05) is 17.1 Å². The van der Waals surface area contributed by atoms with Crippen LogP contribution in [0.3, 0.4) is 0 Å². The molecule has 104 valence electrons. The number of carbonyl (C=O) groups is 1. The number of pyridine rings is 1. The number of aromatic nitrogens is 1. The molecule has 0 unspecified atom stereocenters. The van der Waals surface area contributed by atoms with Crippen molar-refractivity contribution >= 4 is 34.9 Å². The van der Waals surface area contributed by atoms with Crippen molar-refractivity contribution in [1.82, 2.24) is 10.3 Å². The van der Waals surface area contributed by atoms with Crippen LogP contribution < -0.4 is 16.6 Å². The van der Waals surface area contributed by atoms with Crippen LogP contribution in [0.5, 0.6) is 0 Å². The van der Waals surface area contributed by atoms with E-state index in [4.69, 9.17) is 29.0 Å². The van der Waals surface area contributed by atoms with Crippen LogP contribution in [-0.4, -0.2) is 10.9 Å². The molecule has 0 saturated heterocycles. The van der Waals surface area contributed by atoms with Crippen molar-refractivity contribution in [1.29, 1.82) is 0 Å². The van der Waals surface area contributed by atoms with Gasteiger partial charge in [0.1, 0.15) is 11.0 Å². The van der Waals surface area contributed by atoms with Gasteiger partial charge in [-0.25, -0.2) is 10.8 Å². The number of hydrogen-bond acceptors (Lipinski definition) is 4. The van der Waals surface area contributed by atoms with Gasteiger partial charge in [-0.15, -0.1) is 0 Å². The molecule has 0 radical (unpaired) electrons. The number of rotatable bonds is 4. The number of nitrogens with zero attached hydrogens (tertiary/aromatic N) is 1. The van der Waals surface area contributed by atoms with Crippen molar-refractivity contribution < 1.29 is 4.79 Å². The van der Waals surface area contributed by atoms with Crippen molar-refractivity contribution in [2.24, 2.45) is 5.84 Å². The third-order valence-corrected chi connectivity index (χ3v) is 3.02. The Kier molecular flexibility index (Phi) is 4.79. The van der Waals surface area contributed by atoms with Gasteiger partial charge in [-0.05, 0) is 29.8 Å². The van der Waals surface area contributed by atoms with Crippen LogP contribution in [0.2, 0.25) is 10.2 Å². The summed E-state index contributed by atoms with van der Waals surface area (Å²) >= 11 is 11.6. The van der Waals surface area contributed by atoms with E-state index in [-0.39, 0.29) is 11.1 Å². The van der Waals surface area contributed by atoms with Crippen molar-refractivity contribution in [3.63, 3.8) is 0 Å². The highest BCUT2D eigenvalue weighted by Crippen LogP contribution is 2.14. The monoisotopic (exact) mass is 310 g/mol. The van der Waals surface area contributed by atoms with Crippen molar-refractivity contribution in [3.8, 4) is 0 Å². The van der Waals surface area contributed by atoms with Crippen LogP contribution >= 0.6 is 23.2 Å². The Labute approximate surface area is 126 Å². The summed E-state index contributed by atoms with van der Waals surface area (Å²) in [5.41, 5.74) is 3.68. The second-order valence-electron chi connectivity index (χ2n) is 4.02. The van der Waals surface area contributed by atoms with E-state index < -0.39 is 0 Å². The normalized spacial score (nSPS) is 10.2. The van der Waals surface area contributed by atoms with E-state index in [9.17, 15) is 4.79 Å². The van der Waals surface area contributed by atoms with Crippen molar-refractivity contribution in [2.45, 2.75) is 6.54 Å². The summed E-state index contributed by atoms with van der Waals surface area (Å²) in [5.74, 6) is 5.32. The first-order chi connectivity index (χ1) is 9.58. The number of nitrogens with one attached hydrogen (secondary N) is 2. The number of carbonyl (C=O) groups excluding carboxylic acids is 1. The summed E-state index contributed by atoms with van der Waals surface area (Å²) in [5, 5.41) is 3.62. The molecule has 0 aliphatic rings. The summed E-state index contributed by atoms with van der Waals surface area (Å²) in [6.07, 6.45) is 0. The zero-order valence-corrected chi connectivity index (χ0v) is 11.9. The zero-order chi connectivity index (χ0) is 14.5. The first-order valence-electron chi connectivity index (χ1n) is 5.75. The lowest BCUT2D eigenvalue weighted by molar-refractivity contribution is 0.0951. The van der Waals surface area contributed by atoms with Gasteiger partial charge in [-0.2, -0.15) is 0 Å². The average Bonchev–Trinajstić information content (AvgIpc) is 2.45. The molecule has 7 heteroatoms. The maximum Gasteiger partial charge on any atom is 0.251 e. The van der Waals surface area contributed by atoms with Crippen LogP contribution in [-0.2, 0) is 6.54 Å². The van der Waals surface area contributed by atoms with Gasteiger partial charge in [0.05, 0.1) is 0 Å². The minimum Gasteiger partial charge on any atom is -0.348 e. The highest BCUT2D eigenvalue weighted by atomic mass is 35.5. The van der Waals surface area contributed by atoms with Crippen LogP contribution in [0.25, 0.3) is 0 Å². The summed E-state index contributed by atoms with van der Waals surface area (Å²) in [4.78, 5) is 15.9. The van der Waals surface area contributed by atoms with E-state index in [1.54, 1.807) is 12.1 Å². The molecule has 2 rings (SSSR count). The summed E-state index contributed by atoms with van der Waals surface area (Å²) in [6.45, 7) is 0.390. The first-order valence-corrected chi connectivity index (χ1v) is 6.51.